The number of hydrogen-bond acceptors (Lipinski definition) is 3. The molecule has 0 atom stereocenters. The van der Waals surface area contributed by atoms with Gasteiger partial charge in [-0.05, 0) is 25.0 Å². The van der Waals surface area contributed by atoms with Crippen molar-refractivity contribution in [2.75, 3.05) is 5.73 Å². The third-order valence-corrected chi connectivity index (χ3v) is 3.23. The second-order valence-corrected chi connectivity index (χ2v) is 4.24. The molecule has 4 heteroatoms. The van der Waals surface area contributed by atoms with Crippen LogP contribution < -0.4 is 5.73 Å². The minimum Gasteiger partial charge on any atom is -0.381 e. The third kappa shape index (κ3) is 1.38. The van der Waals surface area contributed by atoms with Crippen molar-refractivity contribution in [3.63, 3.8) is 0 Å². The van der Waals surface area contributed by atoms with Gasteiger partial charge in [0.05, 0.1) is 11.4 Å². The zero-order valence-corrected chi connectivity index (χ0v) is 9.00. The monoisotopic (exact) mass is 214 g/mol. The Labute approximate surface area is 94.1 Å². The van der Waals surface area contributed by atoms with Crippen molar-refractivity contribution in [2.24, 2.45) is 0 Å². The average molecular weight is 214 g/mol. The maximum Gasteiger partial charge on any atom is 0.169 e. The summed E-state index contributed by atoms with van der Waals surface area (Å²) in [5.74, 6) is 1.11. The highest BCUT2D eigenvalue weighted by Crippen LogP contribution is 2.38. The Morgan fingerprint density at radius 1 is 1.19 bits per heavy atom. The minimum absolute atomic E-state index is 0.537. The van der Waals surface area contributed by atoms with Crippen LogP contribution in [0, 0.1) is 0 Å². The van der Waals surface area contributed by atoms with E-state index in [1.165, 1.54) is 19.3 Å². The Kier molecular flexibility index (Phi) is 2.13. The molecule has 0 unspecified atom stereocenters. The Morgan fingerprint density at radius 3 is 2.56 bits per heavy atom. The summed E-state index contributed by atoms with van der Waals surface area (Å²) >= 11 is 0. The predicted molar refractivity (Wildman–Crippen MR) is 62.4 cm³/mol. The van der Waals surface area contributed by atoms with Crippen LogP contribution in [0.25, 0.3) is 5.69 Å². The number of benzene rings is 1. The van der Waals surface area contributed by atoms with Gasteiger partial charge in [0.15, 0.2) is 5.82 Å². The fourth-order valence-electron chi connectivity index (χ4n) is 2.12. The maximum atomic E-state index is 5.89. The molecule has 1 aromatic carbocycles. The lowest BCUT2D eigenvalue weighted by molar-refractivity contribution is 0.404. The molecule has 3 rings (SSSR count). The van der Waals surface area contributed by atoms with E-state index < -0.39 is 0 Å². The summed E-state index contributed by atoms with van der Waals surface area (Å²) in [6, 6.07) is 10.0. The Hall–Kier alpha value is -1.84. The van der Waals surface area contributed by atoms with E-state index in [-0.39, 0.29) is 0 Å². The molecule has 0 saturated heterocycles. The molecule has 16 heavy (non-hydrogen) atoms. The van der Waals surface area contributed by atoms with Crippen LogP contribution in [0.5, 0.6) is 0 Å². The van der Waals surface area contributed by atoms with Crippen LogP contribution in [0.3, 0.4) is 0 Å². The number of nitrogens with two attached hydrogens (primary N) is 1. The van der Waals surface area contributed by atoms with Gasteiger partial charge in [0.1, 0.15) is 0 Å². The van der Waals surface area contributed by atoms with Gasteiger partial charge < -0.3 is 5.73 Å². The highest BCUT2D eigenvalue weighted by molar-refractivity contribution is 5.43. The molecule has 4 nitrogen and oxygen atoms in total. The van der Waals surface area contributed by atoms with Crippen LogP contribution in [0.15, 0.2) is 30.3 Å². The van der Waals surface area contributed by atoms with Crippen LogP contribution in [-0.4, -0.2) is 15.0 Å². The fraction of sp³-hybridized carbons (Fsp3) is 0.333. The van der Waals surface area contributed by atoms with Crippen LogP contribution in [0.4, 0.5) is 5.82 Å². The van der Waals surface area contributed by atoms with Gasteiger partial charge in [-0.15, -0.1) is 5.10 Å². The van der Waals surface area contributed by atoms with Gasteiger partial charge in [-0.2, -0.15) is 0 Å². The van der Waals surface area contributed by atoms with Gasteiger partial charge in [-0.1, -0.05) is 29.8 Å². The van der Waals surface area contributed by atoms with Crippen LogP contribution >= 0.6 is 0 Å². The molecule has 2 N–H and O–H groups in total. The van der Waals surface area contributed by atoms with Gasteiger partial charge in [0, 0.05) is 5.92 Å². The van der Waals surface area contributed by atoms with E-state index in [4.69, 9.17) is 5.73 Å². The highest BCUT2D eigenvalue weighted by atomic mass is 15.4. The van der Waals surface area contributed by atoms with Gasteiger partial charge in [-0.25, -0.2) is 4.68 Å². The van der Waals surface area contributed by atoms with Crippen molar-refractivity contribution in [3.05, 3.63) is 36.0 Å². The Bertz CT molecular complexity index is 485. The minimum atomic E-state index is 0.537. The van der Waals surface area contributed by atoms with Crippen LogP contribution in [0.2, 0.25) is 0 Å². The number of anilines is 1. The number of para-hydroxylation sites is 1. The molecular formula is C12H14N4. The van der Waals surface area contributed by atoms with Crippen molar-refractivity contribution in [2.45, 2.75) is 25.2 Å². The van der Waals surface area contributed by atoms with Gasteiger partial charge >= 0.3 is 0 Å². The number of rotatable bonds is 2. The summed E-state index contributed by atoms with van der Waals surface area (Å²) in [6.45, 7) is 0. The van der Waals surface area contributed by atoms with E-state index in [1.807, 2.05) is 35.0 Å². The molecule has 0 aliphatic heterocycles. The van der Waals surface area contributed by atoms with Crippen molar-refractivity contribution in [1.29, 1.82) is 0 Å². The molecule has 1 aliphatic carbocycles. The van der Waals surface area contributed by atoms with Crippen LogP contribution in [-0.2, 0) is 0 Å². The Morgan fingerprint density at radius 2 is 1.94 bits per heavy atom. The first-order valence-corrected chi connectivity index (χ1v) is 5.63. The van der Waals surface area contributed by atoms with Gasteiger partial charge in [-0.3, -0.25) is 0 Å². The fourth-order valence-corrected chi connectivity index (χ4v) is 2.12. The average Bonchev–Trinajstić information content (AvgIpc) is 2.60. The van der Waals surface area contributed by atoms with E-state index in [1.54, 1.807) is 0 Å². The molecule has 0 spiro atoms. The molecule has 1 heterocycles. The van der Waals surface area contributed by atoms with E-state index >= 15 is 0 Å². The van der Waals surface area contributed by atoms with E-state index in [9.17, 15) is 0 Å². The van der Waals surface area contributed by atoms with Crippen LogP contribution in [0.1, 0.15) is 30.9 Å². The summed E-state index contributed by atoms with van der Waals surface area (Å²) < 4.78 is 1.87. The van der Waals surface area contributed by atoms with E-state index in [0.717, 1.165) is 11.4 Å². The SMILES string of the molecule is Nc1nnn(-c2ccccc2)c1C1CCC1. The summed E-state index contributed by atoms with van der Waals surface area (Å²) in [5.41, 5.74) is 8.01. The van der Waals surface area contributed by atoms with Gasteiger partial charge in [0.25, 0.3) is 0 Å². The number of hydrogen-bond donors (Lipinski definition) is 1. The van der Waals surface area contributed by atoms with E-state index in [0.29, 0.717) is 11.7 Å². The number of nitrogens with zero attached hydrogens (tertiary/aromatic N) is 3. The van der Waals surface area contributed by atoms with Gasteiger partial charge in [0.2, 0.25) is 0 Å². The lowest BCUT2D eigenvalue weighted by atomic mass is 9.82. The topological polar surface area (TPSA) is 56.7 Å². The molecule has 1 fully saturated rings. The lowest BCUT2D eigenvalue weighted by Crippen LogP contribution is -2.15. The molecule has 0 radical (unpaired) electrons. The Balaban J connectivity index is 2.07. The predicted octanol–water partition coefficient (Wildman–Crippen LogP) is 2.12. The third-order valence-electron chi connectivity index (χ3n) is 3.23. The second-order valence-electron chi connectivity index (χ2n) is 4.24. The summed E-state index contributed by atoms with van der Waals surface area (Å²) in [6.07, 6.45) is 3.68. The summed E-state index contributed by atoms with van der Waals surface area (Å²) in [7, 11) is 0. The quantitative estimate of drug-likeness (QED) is 0.833. The normalized spacial score (nSPS) is 16.0. The zero-order valence-electron chi connectivity index (χ0n) is 9.00. The lowest BCUT2D eigenvalue weighted by Gasteiger charge is -2.25. The number of aromatic nitrogens is 3. The molecule has 1 aromatic heterocycles. The molecule has 2 aromatic rings. The zero-order chi connectivity index (χ0) is 11.0. The molecule has 0 bridgehead atoms. The second kappa shape index (κ2) is 3.63. The van der Waals surface area contributed by atoms with Crippen molar-refractivity contribution < 1.29 is 0 Å². The molecule has 0 amide bonds. The number of nitrogen functional groups attached to an aromatic ring is 1. The largest absolute Gasteiger partial charge is 0.381 e. The first-order valence-electron chi connectivity index (χ1n) is 5.63. The standard InChI is InChI=1S/C12H14N4/c13-12-11(9-5-4-6-9)16(15-14-12)10-7-2-1-3-8-10/h1-3,7-9H,4-6,13H2. The molecule has 82 valence electrons. The van der Waals surface area contributed by atoms with E-state index in [2.05, 4.69) is 10.3 Å². The smallest absolute Gasteiger partial charge is 0.169 e. The van der Waals surface area contributed by atoms with Crippen molar-refractivity contribution in [1.82, 2.24) is 15.0 Å². The van der Waals surface area contributed by atoms with Crippen molar-refractivity contribution in [3.8, 4) is 5.69 Å². The van der Waals surface area contributed by atoms with Crippen molar-refractivity contribution >= 4 is 5.82 Å². The maximum absolute atomic E-state index is 5.89. The molecule has 1 saturated carbocycles. The first kappa shape index (κ1) is 9.39. The summed E-state index contributed by atoms with van der Waals surface area (Å²) in [5, 5.41) is 8.12. The molecular weight excluding hydrogens is 200 g/mol. The highest BCUT2D eigenvalue weighted by Gasteiger charge is 2.27. The first-order chi connectivity index (χ1) is 7.86. The summed E-state index contributed by atoms with van der Waals surface area (Å²) in [4.78, 5) is 0. The molecule has 1 aliphatic rings.